The molecule has 116 valence electrons. The molecule has 0 radical (unpaired) electrons. The van der Waals surface area contributed by atoms with Crippen molar-refractivity contribution in [2.45, 2.75) is 30.7 Å². The molecule has 0 aliphatic carbocycles. The highest BCUT2D eigenvalue weighted by atomic mass is 32.2. The molecule has 1 aromatic carbocycles. The number of hydrogen-bond donors (Lipinski definition) is 0. The molecule has 2 heterocycles. The topological polar surface area (TPSA) is 55.3 Å². The van der Waals surface area contributed by atoms with Gasteiger partial charge < -0.3 is 9.64 Å². The third-order valence-electron chi connectivity index (χ3n) is 3.23. The van der Waals surface area contributed by atoms with Gasteiger partial charge in [-0.1, -0.05) is 35.1 Å². The summed E-state index contributed by atoms with van der Waals surface area (Å²) in [5, 5.41) is 8.57. The van der Waals surface area contributed by atoms with E-state index < -0.39 is 0 Å². The Morgan fingerprint density at radius 3 is 3.05 bits per heavy atom. The number of nitrogens with zero attached hydrogens (tertiary/aromatic N) is 3. The van der Waals surface area contributed by atoms with Crippen LogP contribution in [0.15, 0.2) is 28.6 Å². The van der Waals surface area contributed by atoms with Gasteiger partial charge in [-0.2, -0.15) is 0 Å². The van der Waals surface area contributed by atoms with Gasteiger partial charge >= 0.3 is 0 Å². The quantitative estimate of drug-likeness (QED) is 0.786. The summed E-state index contributed by atoms with van der Waals surface area (Å²) in [6, 6.07) is 8.07. The van der Waals surface area contributed by atoms with Crippen LogP contribution in [0.25, 0.3) is 0 Å². The fraction of sp³-hybridized carbons (Fsp3) is 0.400. The van der Waals surface area contributed by atoms with Gasteiger partial charge in [0.15, 0.2) is 4.34 Å². The van der Waals surface area contributed by atoms with Gasteiger partial charge in [0, 0.05) is 12.2 Å². The first-order valence-corrected chi connectivity index (χ1v) is 8.95. The van der Waals surface area contributed by atoms with Crippen LogP contribution in [0, 0.1) is 0 Å². The fourth-order valence-electron chi connectivity index (χ4n) is 2.30. The summed E-state index contributed by atoms with van der Waals surface area (Å²) in [5.74, 6) is 0.474. The predicted octanol–water partition coefficient (Wildman–Crippen LogP) is 3.01. The van der Waals surface area contributed by atoms with Crippen molar-refractivity contribution in [3.63, 3.8) is 0 Å². The van der Waals surface area contributed by atoms with Crippen LogP contribution in [0.4, 0.5) is 5.69 Å². The first-order valence-electron chi connectivity index (χ1n) is 7.14. The van der Waals surface area contributed by atoms with Crippen molar-refractivity contribution in [3.05, 3.63) is 29.8 Å². The van der Waals surface area contributed by atoms with Crippen LogP contribution in [0.3, 0.4) is 0 Å². The van der Waals surface area contributed by atoms with E-state index in [9.17, 15) is 4.79 Å². The van der Waals surface area contributed by atoms with Gasteiger partial charge in [-0.05, 0) is 43.2 Å². The molecule has 22 heavy (non-hydrogen) atoms. The van der Waals surface area contributed by atoms with Crippen molar-refractivity contribution in [1.29, 1.82) is 0 Å². The van der Waals surface area contributed by atoms with Crippen LogP contribution in [0.2, 0.25) is 0 Å². The van der Waals surface area contributed by atoms with Crippen molar-refractivity contribution < 1.29 is 9.53 Å². The lowest BCUT2D eigenvalue weighted by atomic mass is 10.2. The first-order chi connectivity index (χ1) is 10.6. The molecule has 0 atom stereocenters. The smallest absolute Gasteiger partial charge is 0.295 e. The molecule has 1 aromatic heterocycles. The third-order valence-corrected chi connectivity index (χ3v) is 5.16. The van der Waals surface area contributed by atoms with Crippen LogP contribution in [-0.4, -0.2) is 34.5 Å². The van der Waals surface area contributed by atoms with Gasteiger partial charge in [-0.25, -0.2) is 0 Å². The van der Waals surface area contributed by atoms with Crippen molar-refractivity contribution in [3.8, 4) is 5.19 Å². The Morgan fingerprint density at radius 2 is 2.23 bits per heavy atom. The highest BCUT2D eigenvalue weighted by molar-refractivity contribution is 8.01. The van der Waals surface area contributed by atoms with Gasteiger partial charge in [0.05, 0.1) is 11.9 Å². The van der Waals surface area contributed by atoms with Crippen molar-refractivity contribution in [2.75, 3.05) is 17.2 Å². The second-order valence-electron chi connectivity index (χ2n) is 5.21. The number of aromatic nitrogens is 2. The molecule has 3 rings (SSSR count). The van der Waals surface area contributed by atoms with E-state index in [0.717, 1.165) is 23.0 Å². The van der Waals surface area contributed by atoms with Gasteiger partial charge in [-0.15, -0.1) is 5.10 Å². The molecule has 5 nitrogen and oxygen atoms in total. The van der Waals surface area contributed by atoms with Crippen molar-refractivity contribution >= 4 is 34.7 Å². The average molecular weight is 335 g/mol. The second kappa shape index (κ2) is 6.66. The van der Waals surface area contributed by atoms with Crippen LogP contribution in [0.1, 0.15) is 19.4 Å². The lowest BCUT2D eigenvalue weighted by Crippen LogP contribution is -2.30. The van der Waals surface area contributed by atoms with Crippen LogP contribution < -0.4 is 9.64 Å². The minimum Gasteiger partial charge on any atom is -0.466 e. The zero-order chi connectivity index (χ0) is 15.5. The Labute approximate surface area is 137 Å². The van der Waals surface area contributed by atoms with E-state index >= 15 is 0 Å². The minimum absolute atomic E-state index is 0.0773. The van der Waals surface area contributed by atoms with E-state index in [4.69, 9.17) is 4.74 Å². The number of para-hydroxylation sites is 1. The largest absolute Gasteiger partial charge is 0.466 e. The van der Waals surface area contributed by atoms with Crippen molar-refractivity contribution in [1.82, 2.24) is 10.2 Å². The van der Waals surface area contributed by atoms with E-state index in [1.807, 2.05) is 36.9 Å². The monoisotopic (exact) mass is 335 g/mol. The van der Waals surface area contributed by atoms with E-state index in [-0.39, 0.29) is 12.0 Å². The zero-order valence-corrected chi connectivity index (χ0v) is 14.1. The Morgan fingerprint density at radius 1 is 1.41 bits per heavy atom. The number of hydrogen-bond acceptors (Lipinski definition) is 6. The van der Waals surface area contributed by atoms with Crippen LogP contribution in [0.5, 0.6) is 5.19 Å². The Hall–Kier alpha value is -1.60. The Bertz CT molecular complexity index is 672. The van der Waals surface area contributed by atoms with E-state index in [0.29, 0.717) is 10.9 Å². The molecule has 0 bridgehead atoms. The van der Waals surface area contributed by atoms with Gasteiger partial charge in [0.2, 0.25) is 5.91 Å². The normalized spacial score (nSPS) is 13.5. The van der Waals surface area contributed by atoms with Crippen LogP contribution in [-0.2, 0) is 11.2 Å². The lowest BCUT2D eigenvalue weighted by Gasteiger charge is -2.16. The molecule has 0 N–H and O–H groups in total. The number of benzene rings is 1. The van der Waals surface area contributed by atoms with Gasteiger partial charge in [0.1, 0.15) is 0 Å². The number of amides is 1. The molecule has 1 aliphatic heterocycles. The van der Waals surface area contributed by atoms with E-state index in [1.54, 1.807) is 0 Å². The highest BCUT2D eigenvalue weighted by Crippen LogP contribution is 2.31. The summed E-state index contributed by atoms with van der Waals surface area (Å²) >= 11 is 2.79. The predicted molar refractivity (Wildman–Crippen MR) is 88.9 cm³/mol. The molecule has 0 saturated heterocycles. The standard InChI is InChI=1S/C15H17N3O2S2/c1-10(2)20-14-16-17-15(22-14)21-9-13(19)18-8-7-11-5-3-4-6-12(11)18/h3-6,10H,7-9H2,1-2H3. The molecule has 0 fully saturated rings. The summed E-state index contributed by atoms with van der Waals surface area (Å²) in [5.41, 5.74) is 2.28. The SMILES string of the molecule is CC(C)Oc1nnc(SCC(=O)N2CCc3ccccc32)s1. The molecule has 7 heteroatoms. The highest BCUT2D eigenvalue weighted by Gasteiger charge is 2.24. The summed E-state index contributed by atoms with van der Waals surface area (Å²) in [6.45, 7) is 4.65. The zero-order valence-electron chi connectivity index (χ0n) is 12.5. The molecule has 1 amide bonds. The maximum absolute atomic E-state index is 12.4. The molecule has 1 aliphatic rings. The van der Waals surface area contributed by atoms with E-state index in [1.165, 1.54) is 28.7 Å². The molecule has 0 saturated carbocycles. The number of carbonyl (C=O) groups is 1. The Kier molecular flexibility index (Phi) is 4.63. The number of anilines is 1. The maximum atomic E-state index is 12.4. The number of fused-ring (bicyclic) bond motifs is 1. The number of rotatable bonds is 5. The average Bonchev–Trinajstić information content (AvgIpc) is 3.10. The molecular weight excluding hydrogens is 318 g/mol. The number of thioether (sulfide) groups is 1. The maximum Gasteiger partial charge on any atom is 0.295 e. The summed E-state index contributed by atoms with van der Waals surface area (Å²) in [4.78, 5) is 14.3. The summed E-state index contributed by atoms with van der Waals surface area (Å²) < 4.78 is 6.24. The lowest BCUT2D eigenvalue weighted by molar-refractivity contribution is -0.116. The van der Waals surface area contributed by atoms with Gasteiger partial charge in [0.25, 0.3) is 5.19 Å². The summed E-state index contributed by atoms with van der Waals surface area (Å²) in [6.07, 6.45) is 1.01. The molecule has 2 aromatic rings. The number of carbonyl (C=O) groups excluding carboxylic acids is 1. The fourth-order valence-corrected chi connectivity index (χ4v) is 3.98. The van der Waals surface area contributed by atoms with E-state index in [2.05, 4.69) is 16.3 Å². The molecular formula is C15H17N3O2S2. The van der Waals surface area contributed by atoms with Crippen molar-refractivity contribution in [2.24, 2.45) is 0 Å². The molecule has 0 spiro atoms. The molecule has 0 unspecified atom stereocenters. The Balaban J connectivity index is 1.58. The van der Waals surface area contributed by atoms with Gasteiger partial charge in [-0.3, -0.25) is 4.79 Å². The number of ether oxygens (including phenoxy) is 1. The second-order valence-corrected chi connectivity index (χ2v) is 7.38. The van der Waals surface area contributed by atoms with Crippen LogP contribution >= 0.6 is 23.1 Å². The first kappa shape index (κ1) is 15.3. The minimum atomic E-state index is 0.0773. The summed E-state index contributed by atoms with van der Waals surface area (Å²) in [7, 11) is 0. The third kappa shape index (κ3) is 3.41.